The van der Waals surface area contributed by atoms with Crippen molar-refractivity contribution < 1.29 is 79.2 Å². The molecule has 10 atom stereocenters. The van der Waals surface area contributed by atoms with Gasteiger partial charge in [-0.05, 0) is 18.2 Å². The highest BCUT2D eigenvalue weighted by atomic mass is 16.8. The van der Waals surface area contributed by atoms with Crippen LogP contribution in [0.4, 0.5) is 0 Å². The summed E-state index contributed by atoms with van der Waals surface area (Å²) in [6.07, 6.45) is -17.5. The highest BCUT2D eigenvalue weighted by molar-refractivity contribution is 5.89. The molecule has 17 nitrogen and oxygen atoms in total. The summed E-state index contributed by atoms with van der Waals surface area (Å²) in [5.41, 5.74) is -0.768. The fourth-order valence-electron chi connectivity index (χ4n) is 5.09. The molecular formula is C28H32O17. The third kappa shape index (κ3) is 5.98. The smallest absolute Gasteiger partial charge is 0.229 e. The van der Waals surface area contributed by atoms with Gasteiger partial charge < -0.3 is 79.2 Å². The molecule has 10 N–H and O–H groups in total. The molecule has 0 bridgehead atoms. The zero-order valence-corrected chi connectivity index (χ0v) is 23.4. The second-order valence-electron chi connectivity index (χ2n) is 10.4. The van der Waals surface area contributed by atoms with Gasteiger partial charge in [0, 0.05) is 17.7 Å². The molecule has 0 aliphatic carbocycles. The van der Waals surface area contributed by atoms with Gasteiger partial charge in [-0.3, -0.25) is 4.79 Å². The van der Waals surface area contributed by atoms with Crippen LogP contribution >= 0.6 is 0 Å². The summed E-state index contributed by atoms with van der Waals surface area (Å²) in [6.45, 7) is -1.62. The van der Waals surface area contributed by atoms with Gasteiger partial charge in [0.2, 0.25) is 12.0 Å². The predicted octanol–water partition coefficient (Wildman–Crippen LogP) is -2.41. The largest absolute Gasteiger partial charge is 0.504 e. The number of hydrogen-bond acceptors (Lipinski definition) is 17. The molecule has 246 valence electrons. The number of aromatic hydroxyl groups is 3. The second-order valence-corrected chi connectivity index (χ2v) is 10.4. The Hall–Kier alpha value is -3.75. The molecule has 17 heteroatoms. The lowest BCUT2D eigenvalue weighted by Crippen LogP contribution is -2.65. The quantitative estimate of drug-likeness (QED) is 0.115. The summed E-state index contributed by atoms with van der Waals surface area (Å²) in [5, 5.41) is 102. The van der Waals surface area contributed by atoms with Gasteiger partial charge in [-0.1, -0.05) is 0 Å². The first kappa shape index (κ1) is 32.6. The molecule has 2 aliphatic heterocycles. The van der Waals surface area contributed by atoms with Gasteiger partial charge in [0.1, 0.15) is 59.5 Å². The number of fused-ring (bicyclic) bond motifs is 1. The van der Waals surface area contributed by atoms with Gasteiger partial charge in [-0.2, -0.15) is 0 Å². The highest BCUT2D eigenvalue weighted by Crippen LogP contribution is 2.43. The minimum atomic E-state index is -1.92. The second kappa shape index (κ2) is 12.9. The van der Waals surface area contributed by atoms with Crippen molar-refractivity contribution >= 4 is 11.0 Å². The van der Waals surface area contributed by atoms with E-state index in [4.69, 9.17) is 28.1 Å². The number of methoxy groups -OCH3 is 1. The van der Waals surface area contributed by atoms with E-state index in [2.05, 4.69) is 0 Å². The van der Waals surface area contributed by atoms with Crippen LogP contribution < -0.4 is 14.9 Å². The van der Waals surface area contributed by atoms with E-state index in [0.717, 1.165) is 12.1 Å². The lowest BCUT2D eigenvalue weighted by Gasteiger charge is -2.45. The van der Waals surface area contributed by atoms with E-state index in [-0.39, 0.29) is 22.8 Å². The fourth-order valence-corrected chi connectivity index (χ4v) is 5.09. The molecule has 45 heavy (non-hydrogen) atoms. The summed E-state index contributed by atoms with van der Waals surface area (Å²) in [4.78, 5) is 13.0. The van der Waals surface area contributed by atoms with Gasteiger partial charge >= 0.3 is 0 Å². The third-order valence-corrected chi connectivity index (χ3v) is 7.60. The molecule has 2 fully saturated rings. The Morgan fingerprint density at radius 1 is 0.756 bits per heavy atom. The summed E-state index contributed by atoms with van der Waals surface area (Å²) < 4.78 is 33.0. The molecule has 3 heterocycles. The Morgan fingerprint density at radius 2 is 1.40 bits per heavy atom. The molecule has 0 spiro atoms. The Morgan fingerprint density at radius 3 is 2.04 bits per heavy atom. The number of hydrogen-bond donors (Lipinski definition) is 10. The first-order chi connectivity index (χ1) is 21.4. The molecule has 3 aromatic rings. The lowest BCUT2D eigenvalue weighted by atomic mass is 9.97. The first-order valence-corrected chi connectivity index (χ1v) is 13.5. The molecule has 0 amide bonds. The normalized spacial score (nSPS) is 32.0. The average molecular weight is 641 g/mol. The summed E-state index contributed by atoms with van der Waals surface area (Å²) in [5.74, 6) is -2.64. The Balaban J connectivity index is 1.52. The number of benzene rings is 2. The number of phenolic OH excluding ortho intramolecular Hbond substituents is 3. The number of rotatable bonds is 8. The van der Waals surface area contributed by atoms with Crippen molar-refractivity contribution in [1.29, 1.82) is 0 Å². The number of aliphatic hydroxyl groups excluding tert-OH is 7. The standard InChI is InChI=1S/C28H32O17/c1-40-13-4-9(2-3-10(13)31)12-5-11(32)18-14(41-12)6-15(19(33)22(18)36)42-28-26(24(38)21(35)17(8-30)44-28)45-27-25(39)23(37)20(34)16(7-29)43-27/h2-6,16-17,20-21,23-31,33-39H,7-8H2,1H3/t16-,17+,20+,21+,23-,24-,25+,26+,27-,28+/m0/s1. The maximum absolute atomic E-state index is 13.0. The maximum atomic E-state index is 13.0. The van der Waals surface area contributed by atoms with Gasteiger partial charge in [0.25, 0.3) is 0 Å². The maximum Gasteiger partial charge on any atom is 0.229 e. The van der Waals surface area contributed by atoms with E-state index >= 15 is 0 Å². The van der Waals surface area contributed by atoms with Crippen LogP contribution in [-0.2, 0) is 14.2 Å². The van der Waals surface area contributed by atoms with E-state index in [1.165, 1.54) is 25.3 Å². The minimum Gasteiger partial charge on any atom is -0.504 e. The SMILES string of the molecule is COc1cc(-c2cc(=O)c3c(O)c(O)c(O[C@@H]4O[C@H](CO)[C@@H](O)[C@H](O)[C@H]4O[C@@H]4O[C@@H](CO)[C@@H](O)[C@H](O)[C@H]4O)cc3o2)ccc1O. The summed E-state index contributed by atoms with van der Waals surface area (Å²) >= 11 is 0. The van der Waals surface area contributed by atoms with Crippen molar-refractivity contribution in [3.8, 4) is 40.1 Å². The lowest BCUT2D eigenvalue weighted by molar-refractivity contribution is -0.358. The van der Waals surface area contributed by atoms with E-state index < -0.39 is 103 Å². The highest BCUT2D eigenvalue weighted by Gasteiger charge is 2.51. The molecule has 2 aliphatic rings. The monoisotopic (exact) mass is 640 g/mol. The Kier molecular flexibility index (Phi) is 9.38. The van der Waals surface area contributed by atoms with E-state index in [9.17, 15) is 55.9 Å². The zero-order valence-electron chi connectivity index (χ0n) is 23.4. The van der Waals surface area contributed by atoms with Gasteiger partial charge in [0.05, 0.1) is 20.3 Å². The minimum absolute atomic E-state index is 0.0292. The zero-order chi connectivity index (χ0) is 32.7. The Bertz CT molecular complexity index is 1570. The number of aliphatic hydroxyl groups is 7. The van der Waals surface area contributed by atoms with E-state index in [1.54, 1.807) is 0 Å². The van der Waals surface area contributed by atoms with Gasteiger partial charge in [0.15, 0.2) is 40.8 Å². The Labute approximate surface area is 252 Å². The van der Waals surface area contributed by atoms with Crippen LogP contribution in [0.25, 0.3) is 22.3 Å². The van der Waals surface area contributed by atoms with E-state index in [0.29, 0.717) is 5.56 Å². The van der Waals surface area contributed by atoms with E-state index in [1.807, 2.05) is 0 Å². The third-order valence-electron chi connectivity index (χ3n) is 7.60. The van der Waals surface area contributed by atoms with Crippen LogP contribution in [0, 0.1) is 0 Å². The molecule has 2 saturated heterocycles. The average Bonchev–Trinajstić information content (AvgIpc) is 3.02. The summed E-state index contributed by atoms with van der Waals surface area (Å²) in [6, 6.07) is 6.15. The van der Waals surface area contributed by atoms with Crippen molar-refractivity contribution in [1.82, 2.24) is 0 Å². The molecule has 0 radical (unpaired) electrons. The van der Waals surface area contributed by atoms with Crippen molar-refractivity contribution in [2.24, 2.45) is 0 Å². The molecule has 0 saturated carbocycles. The van der Waals surface area contributed by atoms with Crippen LogP contribution in [0.15, 0.2) is 39.5 Å². The van der Waals surface area contributed by atoms with Crippen LogP contribution in [0.3, 0.4) is 0 Å². The van der Waals surface area contributed by atoms with Crippen molar-refractivity contribution in [3.05, 3.63) is 40.6 Å². The van der Waals surface area contributed by atoms with Crippen molar-refractivity contribution in [3.63, 3.8) is 0 Å². The number of ether oxygens (including phenoxy) is 5. The molecule has 1 aromatic heterocycles. The number of phenols is 3. The van der Waals surface area contributed by atoms with Gasteiger partial charge in [-0.15, -0.1) is 0 Å². The molecular weight excluding hydrogens is 608 g/mol. The van der Waals surface area contributed by atoms with Crippen LogP contribution in [0.2, 0.25) is 0 Å². The molecule has 2 aromatic carbocycles. The van der Waals surface area contributed by atoms with Crippen molar-refractivity contribution in [2.75, 3.05) is 20.3 Å². The molecule has 5 rings (SSSR count). The molecule has 0 unspecified atom stereocenters. The predicted molar refractivity (Wildman–Crippen MR) is 146 cm³/mol. The van der Waals surface area contributed by atoms with Crippen LogP contribution in [0.5, 0.6) is 28.7 Å². The topological polar surface area (TPSA) is 279 Å². The van der Waals surface area contributed by atoms with Crippen LogP contribution in [-0.4, -0.2) is 133 Å². The van der Waals surface area contributed by atoms with Crippen molar-refractivity contribution in [2.45, 2.75) is 61.4 Å². The first-order valence-electron chi connectivity index (χ1n) is 13.5. The summed E-state index contributed by atoms with van der Waals surface area (Å²) in [7, 11) is 1.32. The fraction of sp³-hybridized carbons (Fsp3) is 0.464. The van der Waals surface area contributed by atoms with Crippen LogP contribution in [0.1, 0.15) is 0 Å². The van der Waals surface area contributed by atoms with Gasteiger partial charge in [-0.25, -0.2) is 0 Å².